The minimum atomic E-state index is -0.469. The number of ether oxygens (including phenoxy) is 3. The molecular formula is C25H21NO6. The van der Waals surface area contributed by atoms with Gasteiger partial charge in [0.15, 0.2) is 12.4 Å². The number of carbonyl (C=O) groups excluding carboxylic acids is 1. The molecule has 1 heterocycles. The highest BCUT2D eigenvalue weighted by molar-refractivity contribution is 5.94. The molecule has 0 aliphatic heterocycles. The zero-order valence-electron chi connectivity index (χ0n) is 17.6. The van der Waals surface area contributed by atoms with Crippen LogP contribution in [0.1, 0.15) is 0 Å². The molecule has 1 amide bonds. The van der Waals surface area contributed by atoms with Gasteiger partial charge in [0.25, 0.3) is 5.91 Å². The van der Waals surface area contributed by atoms with E-state index in [-0.39, 0.29) is 16.9 Å². The highest BCUT2D eigenvalue weighted by Gasteiger charge is 2.19. The summed E-state index contributed by atoms with van der Waals surface area (Å²) in [5.74, 6) is 0.796. The van der Waals surface area contributed by atoms with Crippen molar-refractivity contribution >= 4 is 22.6 Å². The Kier molecular flexibility index (Phi) is 6.07. The molecule has 7 heteroatoms. The highest BCUT2D eigenvalue weighted by atomic mass is 16.5. The van der Waals surface area contributed by atoms with Gasteiger partial charge >= 0.3 is 0 Å². The van der Waals surface area contributed by atoms with Gasteiger partial charge in [0, 0.05) is 11.6 Å². The van der Waals surface area contributed by atoms with Crippen LogP contribution in [0.5, 0.6) is 17.2 Å². The number of nitrogens with one attached hydrogen (secondary N) is 1. The predicted octanol–water partition coefficient (Wildman–Crippen LogP) is 4.49. The Balaban J connectivity index is 1.64. The van der Waals surface area contributed by atoms with Gasteiger partial charge in [-0.3, -0.25) is 9.59 Å². The molecule has 162 valence electrons. The summed E-state index contributed by atoms with van der Waals surface area (Å²) in [6.07, 6.45) is 0. The summed E-state index contributed by atoms with van der Waals surface area (Å²) in [7, 11) is 3.03. The maximum absolute atomic E-state index is 13.1. The lowest BCUT2D eigenvalue weighted by atomic mass is 10.1. The summed E-state index contributed by atoms with van der Waals surface area (Å²) in [6.45, 7) is -0.400. The van der Waals surface area contributed by atoms with Crippen LogP contribution in [-0.2, 0) is 4.79 Å². The van der Waals surface area contributed by atoms with Crippen LogP contribution >= 0.6 is 0 Å². The summed E-state index contributed by atoms with van der Waals surface area (Å²) < 4.78 is 22.2. The Morgan fingerprint density at radius 2 is 1.69 bits per heavy atom. The van der Waals surface area contributed by atoms with Gasteiger partial charge in [0.1, 0.15) is 17.1 Å². The molecule has 0 atom stereocenters. The lowest BCUT2D eigenvalue weighted by Gasteiger charge is -2.13. The van der Waals surface area contributed by atoms with E-state index in [4.69, 9.17) is 18.6 Å². The Hall–Kier alpha value is -4.26. The minimum Gasteiger partial charge on any atom is -0.497 e. The van der Waals surface area contributed by atoms with E-state index in [0.29, 0.717) is 33.7 Å². The fraction of sp³-hybridized carbons (Fsp3) is 0.120. The second-order valence-electron chi connectivity index (χ2n) is 6.85. The normalized spacial score (nSPS) is 10.6. The van der Waals surface area contributed by atoms with Crippen LogP contribution in [0.3, 0.4) is 0 Å². The molecule has 0 spiro atoms. The third kappa shape index (κ3) is 4.27. The smallest absolute Gasteiger partial charge is 0.262 e. The second-order valence-corrected chi connectivity index (χ2v) is 6.85. The predicted molar refractivity (Wildman–Crippen MR) is 122 cm³/mol. The van der Waals surface area contributed by atoms with Crippen LogP contribution in [0, 0.1) is 0 Å². The van der Waals surface area contributed by atoms with Crippen LogP contribution < -0.4 is 25.0 Å². The summed E-state index contributed by atoms with van der Waals surface area (Å²) in [5, 5.41) is 3.09. The topological polar surface area (TPSA) is 87.0 Å². The van der Waals surface area contributed by atoms with Gasteiger partial charge < -0.3 is 23.9 Å². The van der Waals surface area contributed by atoms with Crippen LogP contribution in [0.25, 0.3) is 22.3 Å². The summed E-state index contributed by atoms with van der Waals surface area (Å²) >= 11 is 0. The number of benzene rings is 3. The van der Waals surface area contributed by atoms with Crippen molar-refractivity contribution in [2.75, 3.05) is 26.1 Å². The van der Waals surface area contributed by atoms with Crippen molar-refractivity contribution in [3.8, 4) is 28.6 Å². The van der Waals surface area contributed by atoms with Crippen molar-refractivity contribution in [3.63, 3.8) is 0 Å². The third-order valence-electron chi connectivity index (χ3n) is 4.82. The Morgan fingerprint density at radius 1 is 0.938 bits per heavy atom. The zero-order chi connectivity index (χ0) is 22.5. The van der Waals surface area contributed by atoms with E-state index in [2.05, 4.69) is 5.32 Å². The van der Waals surface area contributed by atoms with Crippen LogP contribution in [-0.4, -0.2) is 26.7 Å². The molecule has 0 saturated heterocycles. The van der Waals surface area contributed by atoms with Crippen LogP contribution in [0.2, 0.25) is 0 Å². The average molecular weight is 431 g/mol. The molecule has 1 aromatic heterocycles. The van der Waals surface area contributed by atoms with Crippen LogP contribution in [0.4, 0.5) is 5.69 Å². The van der Waals surface area contributed by atoms with Gasteiger partial charge in [-0.2, -0.15) is 0 Å². The van der Waals surface area contributed by atoms with E-state index in [9.17, 15) is 9.59 Å². The molecule has 0 aliphatic carbocycles. The first-order valence-electron chi connectivity index (χ1n) is 9.86. The fourth-order valence-corrected chi connectivity index (χ4v) is 3.27. The summed E-state index contributed by atoms with van der Waals surface area (Å²) in [4.78, 5) is 25.7. The lowest BCUT2D eigenvalue weighted by molar-refractivity contribution is -0.118. The molecule has 0 radical (unpaired) electrons. The van der Waals surface area contributed by atoms with Crippen molar-refractivity contribution in [1.29, 1.82) is 0 Å². The monoisotopic (exact) mass is 431 g/mol. The number of amides is 1. The maximum Gasteiger partial charge on any atom is 0.262 e. The molecule has 0 saturated carbocycles. The van der Waals surface area contributed by atoms with Gasteiger partial charge in [-0.05, 0) is 24.3 Å². The minimum absolute atomic E-state index is 0.0253. The summed E-state index contributed by atoms with van der Waals surface area (Å²) in [6, 6.07) is 21.1. The number of carbonyl (C=O) groups is 1. The highest BCUT2D eigenvalue weighted by Crippen LogP contribution is 2.31. The van der Waals surface area contributed by atoms with Gasteiger partial charge in [0.05, 0.1) is 25.3 Å². The average Bonchev–Trinajstić information content (AvgIpc) is 2.84. The molecule has 0 bridgehead atoms. The van der Waals surface area contributed by atoms with Crippen LogP contribution in [0.15, 0.2) is 82.0 Å². The van der Waals surface area contributed by atoms with Crippen molar-refractivity contribution in [2.45, 2.75) is 0 Å². The molecule has 4 rings (SSSR count). The van der Waals surface area contributed by atoms with E-state index in [1.807, 2.05) is 18.2 Å². The number of methoxy groups -OCH3 is 2. The quantitative estimate of drug-likeness (QED) is 0.464. The first kappa shape index (κ1) is 21.0. The van der Waals surface area contributed by atoms with Gasteiger partial charge in [0.2, 0.25) is 11.2 Å². The third-order valence-corrected chi connectivity index (χ3v) is 4.82. The summed E-state index contributed by atoms with van der Waals surface area (Å²) in [5.41, 5.74) is 1.18. The number of hydrogen-bond acceptors (Lipinski definition) is 6. The van der Waals surface area contributed by atoms with Crippen molar-refractivity contribution in [2.24, 2.45) is 0 Å². The molecule has 7 nitrogen and oxygen atoms in total. The van der Waals surface area contributed by atoms with Crippen molar-refractivity contribution < 1.29 is 23.4 Å². The molecule has 0 unspecified atom stereocenters. The Bertz CT molecular complexity index is 1310. The van der Waals surface area contributed by atoms with Gasteiger partial charge in [-0.15, -0.1) is 0 Å². The molecule has 1 N–H and O–H groups in total. The number of anilines is 1. The standard InChI is InChI=1S/C25H21NO6/c1-29-17-12-13-21(30-2)19(14-17)26-22(27)15-31-25-23(28)18-10-6-7-11-20(18)32-24(25)16-8-4-3-5-9-16/h3-14H,15H2,1-2H3,(H,26,27). The lowest BCUT2D eigenvalue weighted by Crippen LogP contribution is -2.23. The first-order chi connectivity index (χ1) is 15.6. The molecule has 4 aromatic rings. The molecular weight excluding hydrogens is 410 g/mol. The molecule has 32 heavy (non-hydrogen) atoms. The zero-order valence-corrected chi connectivity index (χ0v) is 17.6. The Labute approximate surface area is 184 Å². The number of para-hydroxylation sites is 1. The van der Waals surface area contributed by atoms with Gasteiger partial charge in [-0.1, -0.05) is 42.5 Å². The SMILES string of the molecule is COc1ccc(OC)c(NC(=O)COc2c(-c3ccccc3)oc3ccccc3c2=O)c1. The number of hydrogen-bond donors (Lipinski definition) is 1. The van der Waals surface area contributed by atoms with E-state index < -0.39 is 12.5 Å². The van der Waals surface area contributed by atoms with Crippen molar-refractivity contribution in [3.05, 3.63) is 83.0 Å². The maximum atomic E-state index is 13.1. The molecule has 0 fully saturated rings. The second kappa shape index (κ2) is 9.26. The molecule has 0 aliphatic rings. The number of rotatable bonds is 7. The van der Waals surface area contributed by atoms with E-state index in [1.165, 1.54) is 14.2 Å². The van der Waals surface area contributed by atoms with E-state index in [0.717, 1.165) is 0 Å². The first-order valence-corrected chi connectivity index (χ1v) is 9.86. The largest absolute Gasteiger partial charge is 0.497 e. The van der Waals surface area contributed by atoms with Gasteiger partial charge in [-0.25, -0.2) is 0 Å². The Morgan fingerprint density at radius 3 is 2.44 bits per heavy atom. The van der Waals surface area contributed by atoms with E-state index in [1.54, 1.807) is 54.6 Å². The number of fused-ring (bicyclic) bond motifs is 1. The fourth-order valence-electron chi connectivity index (χ4n) is 3.27. The molecule has 3 aromatic carbocycles. The van der Waals surface area contributed by atoms with Crippen molar-refractivity contribution in [1.82, 2.24) is 0 Å². The van der Waals surface area contributed by atoms with E-state index >= 15 is 0 Å².